The summed E-state index contributed by atoms with van der Waals surface area (Å²) in [7, 11) is 0. The third kappa shape index (κ3) is 4.95. The second-order valence-electron chi connectivity index (χ2n) is 6.17. The number of nitrogens with zero attached hydrogens (tertiary/aromatic N) is 4. The molecule has 0 atom stereocenters. The summed E-state index contributed by atoms with van der Waals surface area (Å²) in [4.78, 5) is 20.2. The number of amides is 1. The van der Waals surface area contributed by atoms with Gasteiger partial charge in [-0.2, -0.15) is 5.10 Å². The molecule has 0 saturated carbocycles. The van der Waals surface area contributed by atoms with Crippen molar-refractivity contribution in [1.29, 1.82) is 0 Å². The van der Waals surface area contributed by atoms with Crippen LogP contribution in [0.4, 0.5) is 9.52 Å². The molecule has 2 aromatic carbocycles. The first-order chi connectivity index (χ1) is 14.1. The summed E-state index contributed by atoms with van der Waals surface area (Å²) < 4.78 is 16.0. The Morgan fingerprint density at radius 1 is 1.24 bits per heavy atom. The summed E-state index contributed by atoms with van der Waals surface area (Å²) in [6.07, 6.45) is 3.54. The van der Waals surface area contributed by atoms with E-state index in [1.807, 2.05) is 24.4 Å². The first kappa shape index (κ1) is 19.9. The summed E-state index contributed by atoms with van der Waals surface area (Å²) in [5.41, 5.74) is 0.675. The molecule has 0 aliphatic rings. The normalized spacial score (nSPS) is 11.1. The highest BCUT2D eigenvalue weighted by Gasteiger charge is 2.20. The van der Waals surface area contributed by atoms with Gasteiger partial charge in [-0.15, -0.1) is 11.8 Å². The summed E-state index contributed by atoms with van der Waals surface area (Å²) >= 11 is 8.66. The molecule has 0 unspecified atom stereocenters. The Kier molecular flexibility index (Phi) is 6.13. The number of hydrogen-bond donors (Lipinski definition) is 0. The van der Waals surface area contributed by atoms with Crippen LogP contribution in [0.5, 0.6) is 0 Å². The summed E-state index contributed by atoms with van der Waals surface area (Å²) in [5.74, 6) is -0.137. The fourth-order valence-electron chi connectivity index (χ4n) is 2.72. The van der Waals surface area contributed by atoms with Crippen molar-refractivity contribution in [1.82, 2.24) is 14.8 Å². The van der Waals surface area contributed by atoms with Crippen LogP contribution in [0.3, 0.4) is 0 Å². The minimum atomic E-state index is -0.319. The van der Waals surface area contributed by atoms with Crippen LogP contribution in [-0.2, 0) is 11.3 Å². The Bertz CT molecular complexity index is 1120. The molecule has 0 radical (unpaired) electrons. The van der Waals surface area contributed by atoms with E-state index in [-0.39, 0.29) is 17.5 Å². The maximum atomic E-state index is 13.6. The summed E-state index contributed by atoms with van der Waals surface area (Å²) in [6, 6.07) is 13.6. The number of carbonyl (C=O) groups is 1. The third-order valence-corrected chi connectivity index (χ3v) is 6.45. The predicted octanol–water partition coefficient (Wildman–Crippen LogP) is 5.11. The number of carbonyl (C=O) groups excluding carboxylic acids is 1. The lowest BCUT2D eigenvalue weighted by Gasteiger charge is -2.19. The molecule has 148 valence electrons. The average molecular weight is 447 g/mol. The molecule has 2 aromatic heterocycles. The van der Waals surface area contributed by atoms with E-state index >= 15 is 0 Å². The van der Waals surface area contributed by atoms with Crippen molar-refractivity contribution in [2.24, 2.45) is 0 Å². The van der Waals surface area contributed by atoms with E-state index in [1.165, 1.54) is 35.2 Å². The molecule has 0 bridgehead atoms. The number of anilines is 1. The van der Waals surface area contributed by atoms with Crippen LogP contribution in [0.15, 0.2) is 65.8 Å². The van der Waals surface area contributed by atoms with Crippen molar-refractivity contribution in [2.45, 2.75) is 11.4 Å². The van der Waals surface area contributed by atoms with E-state index < -0.39 is 0 Å². The fourth-order valence-corrected chi connectivity index (χ4v) is 4.65. The van der Waals surface area contributed by atoms with E-state index in [0.717, 1.165) is 4.90 Å². The fraction of sp³-hybridized carbons (Fsp3) is 0.150. The van der Waals surface area contributed by atoms with E-state index in [1.54, 1.807) is 34.0 Å². The molecule has 2 heterocycles. The number of hydrogen-bond acceptors (Lipinski definition) is 5. The average Bonchev–Trinajstić information content (AvgIpc) is 3.37. The van der Waals surface area contributed by atoms with E-state index in [2.05, 4.69) is 10.1 Å². The lowest BCUT2D eigenvalue weighted by molar-refractivity contribution is -0.116. The van der Waals surface area contributed by atoms with Gasteiger partial charge in [-0.1, -0.05) is 22.9 Å². The Morgan fingerprint density at radius 2 is 2.07 bits per heavy atom. The van der Waals surface area contributed by atoms with Crippen molar-refractivity contribution in [3.05, 3.63) is 71.8 Å². The summed E-state index contributed by atoms with van der Waals surface area (Å²) in [5, 5.41) is 5.40. The third-order valence-electron chi connectivity index (χ3n) is 4.16. The largest absolute Gasteiger partial charge is 0.285 e. The van der Waals surface area contributed by atoms with Gasteiger partial charge >= 0.3 is 0 Å². The molecule has 0 aliphatic carbocycles. The van der Waals surface area contributed by atoms with Crippen LogP contribution >= 0.6 is 34.7 Å². The zero-order chi connectivity index (χ0) is 20.2. The van der Waals surface area contributed by atoms with Crippen LogP contribution in [0.25, 0.3) is 10.2 Å². The number of rotatable bonds is 7. The van der Waals surface area contributed by atoms with Crippen molar-refractivity contribution in [3.63, 3.8) is 0 Å². The highest BCUT2D eigenvalue weighted by molar-refractivity contribution is 8.00. The van der Waals surface area contributed by atoms with Crippen molar-refractivity contribution in [3.8, 4) is 0 Å². The molecule has 9 heteroatoms. The first-order valence-electron chi connectivity index (χ1n) is 8.81. The van der Waals surface area contributed by atoms with Gasteiger partial charge in [0.05, 0.1) is 22.5 Å². The van der Waals surface area contributed by atoms with Gasteiger partial charge < -0.3 is 0 Å². The zero-order valence-corrected chi connectivity index (χ0v) is 17.6. The highest BCUT2D eigenvalue weighted by Crippen LogP contribution is 2.30. The van der Waals surface area contributed by atoms with Gasteiger partial charge in [0.15, 0.2) is 5.13 Å². The number of benzene rings is 2. The van der Waals surface area contributed by atoms with E-state index in [9.17, 15) is 9.18 Å². The molecule has 4 aromatic rings. The van der Waals surface area contributed by atoms with Crippen molar-refractivity contribution in [2.75, 3.05) is 17.2 Å². The topological polar surface area (TPSA) is 51.0 Å². The van der Waals surface area contributed by atoms with Gasteiger partial charge in [0.25, 0.3) is 0 Å². The number of fused-ring (bicyclic) bond motifs is 1. The molecule has 0 saturated heterocycles. The second kappa shape index (κ2) is 8.94. The van der Waals surface area contributed by atoms with Crippen molar-refractivity contribution < 1.29 is 9.18 Å². The first-order valence-corrected chi connectivity index (χ1v) is 11.0. The van der Waals surface area contributed by atoms with E-state index in [0.29, 0.717) is 33.5 Å². The molecule has 0 fully saturated rings. The van der Waals surface area contributed by atoms with E-state index in [4.69, 9.17) is 11.6 Å². The SMILES string of the molecule is O=C(CSc1ccc(Cl)cc1)N(CCn1cccn1)c1nc2ccc(F)cc2s1. The molecule has 5 nitrogen and oxygen atoms in total. The maximum absolute atomic E-state index is 13.6. The Hall–Kier alpha value is -2.42. The van der Waals surface area contributed by atoms with Crippen LogP contribution in [-0.4, -0.2) is 33.0 Å². The lowest BCUT2D eigenvalue weighted by Crippen LogP contribution is -2.35. The van der Waals surface area contributed by atoms with Gasteiger partial charge in [0.2, 0.25) is 5.91 Å². The second-order valence-corrected chi connectivity index (χ2v) is 8.66. The van der Waals surface area contributed by atoms with Crippen LogP contribution in [0, 0.1) is 5.82 Å². The zero-order valence-electron chi connectivity index (χ0n) is 15.2. The minimum Gasteiger partial charge on any atom is -0.285 e. The minimum absolute atomic E-state index is 0.0726. The lowest BCUT2D eigenvalue weighted by atomic mass is 10.3. The molecule has 0 aliphatic heterocycles. The molecule has 29 heavy (non-hydrogen) atoms. The predicted molar refractivity (Wildman–Crippen MR) is 116 cm³/mol. The molecule has 1 amide bonds. The number of aromatic nitrogens is 3. The van der Waals surface area contributed by atoms with Crippen LogP contribution in [0.1, 0.15) is 0 Å². The number of halogens is 2. The Morgan fingerprint density at radius 3 is 2.83 bits per heavy atom. The monoisotopic (exact) mass is 446 g/mol. The highest BCUT2D eigenvalue weighted by atomic mass is 35.5. The van der Waals surface area contributed by atoms with Gasteiger partial charge in [-0.25, -0.2) is 9.37 Å². The maximum Gasteiger partial charge on any atom is 0.239 e. The molecular weight excluding hydrogens is 431 g/mol. The van der Waals surface area contributed by atoms with Crippen LogP contribution in [0.2, 0.25) is 5.02 Å². The standard InChI is InChI=1S/C20H16ClFN4OS2/c21-14-2-5-16(6-3-14)28-13-19(27)26(11-10-25-9-1-8-23-25)20-24-17-7-4-15(22)12-18(17)29-20/h1-9,12H,10-11,13H2. The van der Waals surface area contributed by atoms with Gasteiger partial charge in [-0.3, -0.25) is 14.4 Å². The van der Waals surface area contributed by atoms with Gasteiger partial charge in [0.1, 0.15) is 5.82 Å². The molecule has 0 N–H and O–H groups in total. The van der Waals surface area contributed by atoms with Gasteiger partial charge in [0, 0.05) is 28.9 Å². The van der Waals surface area contributed by atoms with Gasteiger partial charge in [-0.05, 0) is 48.5 Å². The summed E-state index contributed by atoms with van der Waals surface area (Å²) in [6.45, 7) is 0.957. The molecule has 4 rings (SSSR count). The smallest absolute Gasteiger partial charge is 0.239 e. The van der Waals surface area contributed by atoms with Crippen molar-refractivity contribution >= 4 is 56.0 Å². The molecular formula is C20H16ClFN4OS2. The van der Waals surface area contributed by atoms with Crippen LogP contribution < -0.4 is 4.90 Å². The quantitative estimate of drug-likeness (QED) is 0.370. The number of thiazole rings is 1. The Labute approximate surface area is 180 Å². The number of thioether (sulfide) groups is 1. The molecule has 0 spiro atoms. The Balaban J connectivity index is 1.54.